The van der Waals surface area contributed by atoms with Gasteiger partial charge < -0.3 is 9.72 Å². The van der Waals surface area contributed by atoms with Crippen molar-refractivity contribution in [3.63, 3.8) is 0 Å². The molecule has 0 fully saturated rings. The van der Waals surface area contributed by atoms with Crippen molar-refractivity contribution in [2.45, 2.75) is 33.7 Å². The largest absolute Gasteiger partial charge is 0.462 e. The molecule has 0 radical (unpaired) electrons. The quantitative estimate of drug-likeness (QED) is 0.526. The van der Waals surface area contributed by atoms with Gasteiger partial charge in [-0.1, -0.05) is 6.07 Å². The summed E-state index contributed by atoms with van der Waals surface area (Å²) in [7, 11) is 0. The highest BCUT2D eigenvalue weighted by Crippen LogP contribution is 2.24. The van der Waals surface area contributed by atoms with Crippen LogP contribution in [0.4, 0.5) is 0 Å². The topological polar surface area (TPSA) is 103 Å². The maximum atomic E-state index is 12.9. The Morgan fingerprint density at radius 3 is 2.81 bits per heavy atom. The monoisotopic (exact) mass is 373 g/mol. The number of ether oxygens (including phenoxy) is 1. The van der Waals surface area contributed by atoms with Crippen molar-refractivity contribution in [3.05, 3.63) is 40.0 Å². The molecule has 0 spiro atoms. The van der Waals surface area contributed by atoms with Crippen LogP contribution in [0.1, 0.15) is 52.0 Å². The van der Waals surface area contributed by atoms with Crippen LogP contribution in [0.2, 0.25) is 0 Å². The Balaban J connectivity index is 1.87. The standard InChI is InChI=1S/C17H19N5O3S/c1-5-25-17(24)13-9(2)14(18-10(13)3)15(23)11(4)22-20-16(19-21-22)12-7-6-8-26-12/h6-8,11,18H,5H2,1-4H3. The average molecular weight is 373 g/mol. The van der Waals surface area contributed by atoms with Crippen LogP contribution in [-0.4, -0.2) is 43.6 Å². The van der Waals surface area contributed by atoms with E-state index < -0.39 is 12.0 Å². The van der Waals surface area contributed by atoms with Crippen molar-refractivity contribution < 1.29 is 14.3 Å². The third kappa shape index (κ3) is 3.17. The fourth-order valence-electron chi connectivity index (χ4n) is 2.71. The third-order valence-electron chi connectivity index (χ3n) is 4.06. The van der Waals surface area contributed by atoms with E-state index in [1.165, 1.54) is 16.1 Å². The van der Waals surface area contributed by atoms with Crippen molar-refractivity contribution >= 4 is 23.1 Å². The fraction of sp³-hybridized carbons (Fsp3) is 0.353. The number of H-pyrrole nitrogens is 1. The number of carbonyl (C=O) groups is 2. The van der Waals surface area contributed by atoms with Gasteiger partial charge in [-0.3, -0.25) is 4.79 Å². The average Bonchev–Trinajstić information content (AvgIpc) is 3.33. The second-order valence-electron chi connectivity index (χ2n) is 5.80. The normalized spacial score (nSPS) is 12.2. The molecule has 0 aromatic carbocycles. The van der Waals surface area contributed by atoms with Gasteiger partial charge in [0, 0.05) is 5.69 Å². The van der Waals surface area contributed by atoms with Crippen LogP contribution >= 0.6 is 11.3 Å². The number of hydrogen-bond donors (Lipinski definition) is 1. The van der Waals surface area contributed by atoms with E-state index in [4.69, 9.17) is 4.74 Å². The van der Waals surface area contributed by atoms with Gasteiger partial charge in [0.2, 0.25) is 11.6 Å². The lowest BCUT2D eigenvalue weighted by Crippen LogP contribution is -2.20. The van der Waals surface area contributed by atoms with Gasteiger partial charge >= 0.3 is 5.97 Å². The van der Waals surface area contributed by atoms with Crippen LogP contribution in [-0.2, 0) is 4.74 Å². The third-order valence-corrected chi connectivity index (χ3v) is 4.92. The fourth-order valence-corrected chi connectivity index (χ4v) is 3.36. The summed E-state index contributed by atoms with van der Waals surface area (Å²) < 4.78 is 5.06. The van der Waals surface area contributed by atoms with Crippen LogP contribution in [0.3, 0.4) is 0 Å². The van der Waals surface area contributed by atoms with Crippen molar-refractivity contribution in [2.75, 3.05) is 6.61 Å². The predicted octanol–water partition coefficient (Wildman–Crippen LogP) is 2.97. The molecule has 3 rings (SSSR count). The Bertz CT molecular complexity index is 942. The van der Waals surface area contributed by atoms with Gasteiger partial charge in [-0.2, -0.15) is 4.80 Å². The minimum Gasteiger partial charge on any atom is -0.462 e. The maximum Gasteiger partial charge on any atom is 0.340 e. The molecule has 3 heterocycles. The number of ketones is 1. The van der Waals surface area contributed by atoms with Crippen LogP contribution in [0.5, 0.6) is 0 Å². The van der Waals surface area contributed by atoms with Gasteiger partial charge in [-0.25, -0.2) is 4.79 Å². The highest BCUT2D eigenvalue weighted by molar-refractivity contribution is 7.13. The zero-order valence-electron chi connectivity index (χ0n) is 14.9. The summed E-state index contributed by atoms with van der Waals surface area (Å²) in [6.07, 6.45) is 0. The molecule has 0 aliphatic rings. The Hall–Kier alpha value is -2.81. The Kier molecular flexibility index (Phi) is 4.99. The molecule has 136 valence electrons. The first-order chi connectivity index (χ1) is 12.4. The zero-order valence-corrected chi connectivity index (χ0v) is 15.8. The Labute approximate surface area is 154 Å². The van der Waals surface area contributed by atoms with Crippen molar-refractivity contribution in [1.29, 1.82) is 0 Å². The molecule has 0 amide bonds. The molecule has 3 aromatic rings. The van der Waals surface area contributed by atoms with Gasteiger partial charge in [0.05, 0.1) is 22.7 Å². The molecular weight excluding hydrogens is 354 g/mol. The number of nitrogens with one attached hydrogen (secondary N) is 1. The van der Waals surface area contributed by atoms with E-state index >= 15 is 0 Å². The smallest absolute Gasteiger partial charge is 0.340 e. The molecule has 1 unspecified atom stereocenters. The number of nitrogens with zero attached hydrogens (tertiary/aromatic N) is 4. The van der Waals surface area contributed by atoms with E-state index in [0.29, 0.717) is 28.3 Å². The van der Waals surface area contributed by atoms with Gasteiger partial charge in [-0.05, 0) is 49.9 Å². The van der Waals surface area contributed by atoms with Gasteiger partial charge in [0.15, 0.2) is 0 Å². The first-order valence-electron chi connectivity index (χ1n) is 8.17. The van der Waals surface area contributed by atoms with Crippen molar-refractivity contribution in [1.82, 2.24) is 25.2 Å². The van der Waals surface area contributed by atoms with E-state index in [-0.39, 0.29) is 12.4 Å². The number of carbonyl (C=O) groups excluding carboxylic acids is 2. The number of hydrogen-bond acceptors (Lipinski definition) is 7. The molecule has 8 nitrogen and oxygen atoms in total. The molecule has 1 N–H and O–H groups in total. The lowest BCUT2D eigenvalue weighted by Gasteiger charge is -2.08. The number of aryl methyl sites for hydroxylation is 1. The molecule has 9 heteroatoms. The van der Waals surface area contributed by atoms with E-state index in [2.05, 4.69) is 20.4 Å². The van der Waals surface area contributed by atoms with Crippen LogP contribution in [0, 0.1) is 13.8 Å². The number of esters is 1. The van der Waals surface area contributed by atoms with Gasteiger partial charge in [-0.15, -0.1) is 21.5 Å². The van der Waals surface area contributed by atoms with Gasteiger partial charge in [0.1, 0.15) is 6.04 Å². The lowest BCUT2D eigenvalue weighted by molar-refractivity contribution is 0.0525. The first-order valence-corrected chi connectivity index (χ1v) is 9.05. The number of tetrazole rings is 1. The van der Waals surface area contributed by atoms with Crippen LogP contribution in [0.25, 0.3) is 10.7 Å². The summed E-state index contributed by atoms with van der Waals surface area (Å²) in [5, 5.41) is 14.2. The minimum absolute atomic E-state index is 0.226. The molecule has 0 bridgehead atoms. The second-order valence-corrected chi connectivity index (χ2v) is 6.74. The lowest BCUT2D eigenvalue weighted by atomic mass is 10.1. The summed E-state index contributed by atoms with van der Waals surface area (Å²) in [6, 6.07) is 3.13. The SMILES string of the molecule is CCOC(=O)c1c(C)[nH]c(C(=O)C(C)n2nnc(-c3cccs3)n2)c1C. The van der Waals surface area contributed by atoms with E-state index in [1.54, 1.807) is 27.7 Å². The number of thiophene rings is 1. The maximum absolute atomic E-state index is 12.9. The molecular formula is C17H19N5O3S. The summed E-state index contributed by atoms with van der Waals surface area (Å²) in [5.41, 5.74) is 1.92. The summed E-state index contributed by atoms with van der Waals surface area (Å²) >= 11 is 1.50. The zero-order chi connectivity index (χ0) is 18.8. The highest BCUT2D eigenvalue weighted by atomic mass is 32.1. The van der Waals surface area contributed by atoms with E-state index in [1.807, 2.05) is 17.5 Å². The van der Waals surface area contributed by atoms with E-state index in [9.17, 15) is 9.59 Å². The van der Waals surface area contributed by atoms with Crippen molar-refractivity contribution in [3.8, 4) is 10.7 Å². The summed E-state index contributed by atoms with van der Waals surface area (Å²) in [5.74, 6) is -0.188. The minimum atomic E-state index is -0.664. The molecule has 0 saturated heterocycles. The number of Topliss-reactive ketones (excluding diaryl/α,β-unsaturated/α-hetero) is 1. The number of rotatable bonds is 6. The molecule has 26 heavy (non-hydrogen) atoms. The molecule has 0 aliphatic heterocycles. The van der Waals surface area contributed by atoms with E-state index in [0.717, 1.165) is 4.88 Å². The molecule has 3 aromatic heterocycles. The summed E-state index contributed by atoms with van der Waals surface area (Å²) in [4.78, 5) is 30.2. The van der Waals surface area contributed by atoms with Gasteiger partial charge in [0.25, 0.3) is 0 Å². The molecule has 0 aliphatic carbocycles. The highest BCUT2D eigenvalue weighted by Gasteiger charge is 2.27. The molecule has 1 atom stereocenters. The predicted molar refractivity (Wildman–Crippen MR) is 96.4 cm³/mol. The second kappa shape index (κ2) is 7.20. The Morgan fingerprint density at radius 2 is 2.15 bits per heavy atom. The van der Waals surface area contributed by atoms with Crippen LogP contribution in [0.15, 0.2) is 17.5 Å². The summed E-state index contributed by atoms with van der Waals surface area (Å²) in [6.45, 7) is 7.18. The van der Waals surface area contributed by atoms with Crippen molar-refractivity contribution in [2.24, 2.45) is 0 Å². The van der Waals surface area contributed by atoms with Crippen LogP contribution < -0.4 is 0 Å². The molecule has 0 saturated carbocycles. The number of aromatic nitrogens is 5. The first kappa shape index (κ1) is 18.0. The Morgan fingerprint density at radius 1 is 1.38 bits per heavy atom. The number of aromatic amines is 1.